The molecule has 1 aromatic heterocycles. The molecule has 0 spiro atoms. The third-order valence-electron chi connectivity index (χ3n) is 3.83. The predicted octanol–water partition coefficient (Wildman–Crippen LogP) is 3.93. The second-order valence-electron chi connectivity index (χ2n) is 6.75. The van der Waals surface area contributed by atoms with E-state index in [1.807, 2.05) is 44.7 Å². The van der Waals surface area contributed by atoms with Crippen LogP contribution in [-0.2, 0) is 0 Å². The molecule has 1 fully saturated rings. The zero-order chi connectivity index (χ0) is 15.5. The highest BCUT2D eigenvalue weighted by Gasteiger charge is 2.32. The lowest BCUT2D eigenvalue weighted by Gasteiger charge is -2.27. The maximum Gasteiger partial charge on any atom is 0.239 e. The molecule has 1 aliphatic rings. The molecule has 0 aromatic carbocycles. The number of rotatable bonds is 5. The number of nitrogens with one attached hydrogen (secondary N) is 1. The second-order valence-corrected chi connectivity index (χ2v) is 8.03. The quantitative estimate of drug-likeness (QED) is 0.863. The molecule has 4 nitrogen and oxygen atoms in total. The van der Waals surface area contributed by atoms with Gasteiger partial charge in [-0.1, -0.05) is 12.8 Å². The summed E-state index contributed by atoms with van der Waals surface area (Å²) in [5.74, 6) is 1.35. The summed E-state index contributed by atoms with van der Waals surface area (Å²) in [6, 6.07) is 3.78. The number of thioether (sulfide) groups is 1. The number of nitrogen functional groups attached to an aromatic ring is 1. The highest BCUT2D eigenvalue weighted by atomic mass is 32.2. The van der Waals surface area contributed by atoms with Crippen LogP contribution < -0.4 is 15.8 Å². The Hall–Kier alpha value is -1.10. The first-order valence-corrected chi connectivity index (χ1v) is 8.81. The molecular weight excluding hydrogens is 282 g/mol. The van der Waals surface area contributed by atoms with Crippen molar-refractivity contribution in [2.45, 2.75) is 56.8 Å². The molecule has 0 radical (unpaired) electrons. The predicted molar refractivity (Wildman–Crippen MR) is 92.2 cm³/mol. The Balaban J connectivity index is 2.05. The monoisotopic (exact) mass is 309 g/mol. The van der Waals surface area contributed by atoms with Gasteiger partial charge < -0.3 is 15.8 Å². The number of nitrogens with two attached hydrogens (primary N) is 1. The van der Waals surface area contributed by atoms with Gasteiger partial charge in [-0.05, 0) is 52.0 Å². The Labute approximate surface area is 132 Å². The molecule has 0 bridgehead atoms. The van der Waals surface area contributed by atoms with E-state index < -0.39 is 0 Å². The average Bonchev–Trinajstić information content (AvgIpc) is 2.88. The van der Waals surface area contributed by atoms with E-state index in [9.17, 15) is 0 Å². The molecule has 0 amide bonds. The summed E-state index contributed by atoms with van der Waals surface area (Å²) in [7, 11) is 0. The van der Waals surface area contributed by atoms with Crippen molar-refractivity contribution in [2.24, 2.45) is 0 Å². The third-order valence-corrected chi connectivity index (χ3v) is 5.25. The van der Waals surface area contributed by atoms with Crippen molar-refractivity contribution >= 4 is 23.3 Å². The van der Waals surface area contributed by atoms with Gasteiger partial charge in [0.2, 0.25) is 5.88 Å². The van der Waals surface area contributed by atoms with E-state index >= 15 is 0 Å². The van der Waals surface area contributed by atoms with Gasteiger partial charge in [0.15, 0.2) is 0 Å². The molecule has 0 unspecified atom stereocenters. The van der Waals surface area contributed by atoms with Crippen LogP contribution in [0.15, 0.2) is 12.1 Å². The van der Waals surface area contributed by atoms with Gasteiger partial charge in [-0.3, -0.25) is 0 Å². The van der Waals surface area contributed by atoms with E-state index in [0.29, 0.717) is 16.3 Å². The minimum Gasteiger partial charge on any atom is -0.470 e. The molecule has 0 saturated heterocycles. The van der Waals surface area contributed by atoms with Gasteiger partial charge in [0.1, 0.15) is 11.4 Å². The Morgan fingerprint density at radius 1 is 1.33 bits per heavy atom. The molecule has 1 heterocycles. The normalized spacial score (nSPS) is 17.7. The minimum absolute atomic E-state index is 0.300. The molecule has 0 aliphatic heterocycles. The second kappa shape index (κ2) is 6.34. The zero-order valence-corrected chi connectivity index (χ0v) is 14.3. The van der Waals surface area contributed by atoms with Crippen LogP contribution in [0.1, 0.15) is 46.5 Å². The van der Waals surface area contributed by atoms with Gasteiger partial charge in [0, 0.05) is 11.3 Å². The molecule has 21 heavy (non-hydrogen) atoms. The Morgan fingerprint density at radius 3 is 2.57 bits per heavy atom. The van der Waals surface area contributed by atoms with Crippen molar-refractivity contribution in [3.8, 4) is 5.88 Å². The molecule has 1 saturated carbocycles. The van der Waals surface area contributed by atoms with Crippen LogP contribution >= 0.6 is 11.8 Å². The van der Waals surface area contributed by atoms with Crippen LogP contribution in [0, 0.1) is 0 Å². The summed E-state index contributed by atoms with van der Waals surface area (Å²) in [6.07, 6.45) is 7.42. The van der Waals surface area contributed by atoms with Crippen molar-refractivity contribution in [1.82, 2.24) is 4.98 Å². The van der Waals surface area contributed by atoms with Crippen LogP contribution in [0.2, 0.25) is 0 Å². The van der Waals surface area contributed by atoms with Gasteiger partial charge in [0.25, 0.3) is 0 Å². The van der Waals surface area contributed by atoms with Gasteiger partial charge in [-0.2, -0.15) is 16.7 Å². The third kappa shape index (κ3) is 4.43. The fourth-order valence-corrected chi connectivity index (χ4v) is 3.56. The minimum atomic E-state index is -0.300. The summed E-state index contributed by atoms with van der Waals surface area (Å²) in [5, 5.41) is 3.46. The number of pyridine rings is 1. The van der Waals surface area contributed by atoms with Gasteiger partial charge in [-0.25, -0.2) is 0 Å². The first-order valence-electron chi connectivity index (χ1n) is 7.58. The van der Waals surface area contributed by atoms with Crippen molar-refractivity contribution in [1.29, 1.82) is 0 Å². The van der Waals surface area contributed by atoms with Gasteiger partial charge in [0.05, 0.1) is 5.69 Å². The lowest BCUT2D eigenvalue weighted by molar-refractivity contribution is 0.125. The smallest absolute Gasteiger partial charge is 0.239 e. The number of hydrogen-bond acceptors (Lipinski definition) is 5. The topological polar surface area (TPSA) is 60.2 Å². The number of ether oxygens (including phenoxy) is 1. The van der Waals surface area contributed by atoms with E-state index in [-0.39, 0.29) is 5.60 Å². The first kappa shape index (κ1) is 16.3. The molecule has 2 rings (SSSR count). The van der Waals surface area contributed by atoms with E-state index in [1.54, 1.807) is 0 Å². The lowest BCUT2D eigenvalue weighted by Crippen LogP contribution is -2.30. The maximum atomic E-state index is 5.95. The first-order chi connectivity index (χ1) is 9.84. The lowest BCUT2D eigenvalue weighted by atomic mass is 10.1. The Bertz CT molecular complexity index is 479. The summed E-state index contributed by atoms with van der Waals surface area (Å²) in [6.45, 7) is 6.93. The molecule has 3 N–H and O–H groups in total. The molecule has 0 atom stereocenters. The van der Waals surface area contributed by atoms with Crippen molar-refractivity contribution in [3.05, 3.63) is 12.1 Å². The zero-order valence-electron chi connectivity index (χ0n) is 13.5. The number of anilines is 2. The standard InChI is InChI=1S/C16H27N3OS/c1-15(2,3)20-14-12(17)7-8-13(19-14)18-11-16(21-4)9-5-6-10-16/h7-8H,5-6,9-11,17H2,1-4H3,(H,18,19). The SMILES string of the molecule is CSC1(CNc2ccc(N)c(OC(C)(C)C)n2)CCCC1. The number of nitrogens with zero attached hydrogens (tertiary/aromatic N) is 1. The maximum absolute atomic E-state index is 5.95. The molecule has 1 aliphatic carbocycles. The summed E-state index contributed by atoms with van der Waals surface area (Å²) in [5.41, 5.74) is 6.23. The fourth-order valence-electron chi connectivity index (χ4n) is 2.65. The summed E-state index contributed by atoms with van der Waals surface area (Å²) >= 11 is 1.97. The van der Waals surface area contributed by atoms with E-state index in [2.05, 4.69) is 16.6 Å². The van der Waals surface area contributed by atoms with Crippen LogP contribution in [0.25, 0.3) is 0 Å². The van der Waals surface area contributed by atoms with Crippen LogP contribution in [0.5, 0.6) is 5.88 Å². The van der Waals surface area contributed by atoms with Gasteiger partial charge in [-0.15, -0.1) is 0 Å². The van der Waals surface area contributed by atoms with Crippen molar-refractivity contribution < 1.29 is 4.74 Å². The van der Waals surface area contributed by atoms with Gasteiger partial charge >= 0.3 is 0 Å². The van der Waals surface area contributed by atoms with Crippen LogP contribution in [0.3, 0.4) is 0 Å². The average molecular weight is 309 g/mol. The summed E-state index contributed by atoms with van der Waals surface area (Å²) < 4.78 is 6.17. The van der Waals surface area contributed by atoms with Crippen molar-refractivity contribution in [3.63, 3.8) is 0 Å². The number of aromatic nitrogens is 1. The van der Waals surface area contributed by atoms with Crippen LogP contribution in [-0.4, -0.2) is 28.1 Å². The van der Waals surface area contributed by atoms with E-state index in [0.717, 1.165) is 12.4 Å². The fraction of sp³-hybridized carbons (Fsp3) is 0.688. The van der Waals surface area contributed by atoms with Crippen molar-refractivity contribution in [2.75, 3.05) is 23.9 Å². The molecular formula is C16H27N3OS. The largest absolute Gasteiger partial charge is 0.470 e. The highest BCUT2D eigenvalue weighted by molar-refractivity contribution is 8.00. The van der Waals surface area contributed by atoms with E-state index in [1.165, 1.54) is 25.7 Å². The highest BCUT2D eigenvalue weighted by Crippen LogP contribution is 2.40. The molecule has 1 aromatic rings. The van der Waals surface area contributed by atoms with Crippen LogP contribution in [0.4, 0.5) is 11.5 Å². The Kier molecular flexibility index (Phi) is 4.91. The molecule has 5 heteroatoms. The number of hydrogen-bond donors (Lipinski definition) is 2. The summed E-state index contributed by atoms with van der Waals surface area (Å²) in [4.78, 5) is 4.52. The van der Waals surface area contributed by atoms with E-state index in [4.69, 9.17) is 10.5 Å². The molecule has 118 valence electrons. The Morgan fingerprint density at radius 2 is 2.00 bits per heavy atom.